The van der Waals surface area contributed by atoms with E-state index in [1.54, 1.807) is 7.05 Å². The first-order chi connectivity index (χ1) is 9.27. The van der Waals surface area contributed by atoms with Crippen LogP contribution in [0.4, 0.5) is 11.4 Å². The smallest absolute Gasteiger partial charge is 0.344 e. The van der Waals surface area contributed by atoms with Crippen LogP contribution in [0.15, 0.2) is 12.1 Å². The summed E-state index contributed by atoms with van der Waals surface area (Å²) in [5.74, 6) is -1.36. The van der Waals surface area contributed by atoms with Gasteiger partial charge in [0.25, 0.3) is 5.69 Å². The van der Waals surface area contributed by atoms with Crippen LogP contribution in [-0.2, 0) is 9.53 Å². The molecule has 0 spiro atoms. The number of aryl methyl sites for hydroxylation is 1. The van der Waals surface area contributed by atoms with Crippen molar-refractivity contribution in [3.63, 3.8) is 0 Å². The number of nitro groups is 1. The summed E-state index contributed by atoms with van der Waals surface area (Å²) in [6.07, 6.45) is 0. The van der Waals surface area contributed by atoms with E-state index in [1.165, 1.54) is 24.0 Å². The van der Waals surface area contributed by atoms with Gasteiger partial charge in [0, 0.05) is 18.3 Å². The van der Waals surface area contributed by atoms with Gasteiger partial charge in [-0.15, -0.1) is 0 Å². The number of methoxy groups -OCH3 is 1. The number of anilines is 1. The fourth-order valence-corrected chi connectivity index (χ4v) is 1.81. The topological polar surface area (TPSA) is 116 Å². The highest BCUT2D eigenvalue weighted by Crippen LogP contribution is 2.29. The average Bonchev–Trinajstić information content (AvgIpc) is 2.35. The van der Waals surface area contributed by atoms with Crippen LogP contribution in [0.3, 0.4) is 0 Å². The molecular formula is C12H15N3O5. The summed E-state index contributed by atoms with van der Waals surface area (Å²) in [7, 11) is 2.73. The van der Waals surface area contributed by atoms with Gasteiger partial charge in [0.2, 0.25) is 5.91 Å². The number of nitrogens with two attached hydrogens (primary N) is 1. The minimum absolute atomic E-state index is 0.0716. The minimum atomic E-state index is -0.811. The number of hydrogen-bond donors (Lipinski definition) is 1. The molecule has 1 aromatic rings. The number of nitro benzene ring substituents is 1. The molecule has 108 valence electrons. The van der Waals surface area contributed by atoms with E-state index in [-0.39, 0.29) is 17.8 Å². The van der Waals surface area contributed by atoms with Crippen LogP contribution in [-0.4, -0.2) is 37.5 Å². The van der Waals surface area contributed by atoms with Crippen LogP contribution in [0, 0.1) is 17.0 Å². The zero-order chi connectivity index (χ0) is 15.4. The molecule has 0 bridgehead atoms. The number of hydrogen-bond acceptors (Lipinski definition) is 6. The molecule has 0 atom stereocenters. The maximum Gasteiger partial charge on any atom is 0.344 e. The maximum atomic E-state index is 11.7. The van der Waals surface area contributed by atoms with E-state index >= 15 is 0 Å². The molecule has 1 amide bonds. The molecule has 0 heterocycles. The van der Waals surface area contributed by atoms with E-state index in [0.717, 1.165) is 7.11 Å². The molecule has 1 rings (SSSR count). The van der Waals surface area contributed by atoms with Gasteiger partial charge < -0.3 is 15.4 Å². The number of ether oxygens (including phenoxy) is 1. The molecule has 0 radical (unpaired) electrons. The number of likely N-dealkylation sites (N-methyl/N-ethyl adjacent to an activating group) is 1. The average molecular weight is 281 g/mol. The van der Waals surface area contributed by atoms with Crippen molar-refractivity contribution < 1.29 is 19.2 Å². The minimum Gasteiger partial charge on any atom is -0.465 e. The quantitative estimate of drug-likeness (QED) is 0.480. The van der Waals surface area contributed by atoms with Crippen molar-refractivity contribution in [3.05, 3.63) is 33.4 Å². The molecule has 0 aliphatic heterocycles. The molecule has 0 fully saturated rings. The summed E-state index contributed by atoms with van der Waals surface area (Å²) in [5.41, 5.74) is 5.38. The summed E-state index contributed by atoms with van der Waals surface area (Å²) >= 11 is 0. The predicted octanol–water partition coefficient (Wildman–Crippen LogP) is 0.611. The number of benzene rings is 1. The summed E-state index contributed by atoms with van der Waals surface area (Å²) in [6, 6.07) is 2.81. The van der Waals surface area contributed by atoms with Crippen molar-refractivity contribution in [2.45, 2.75) is 6.92 Å². The molecule has 0 saturated heterocycles. The maximum absolute atomic E-state index is 11.7. The lowest BCUT2D eigenvalue weighted by molar-refractivity contribution is -0.385. The van der Waals surface area contributed by atoms with E-state index < -0.39 is 16.8 Å². The van der Waals surface area contributed by atoms with Gasteiger partial charge in [-0.1, -0.05) is 0 Å². The molecule has 1 aromatic carbocycles. The Labute approximate surface area is 115 Å². The standard InChI is InChI=1S/C12H15N3O5/c1-7-4-8(14(2)6-10(13)16)5-9(12(17)20-3)11(7)15(18)19/h4-5H,6H2,1-3H3,(H2,13,16). The van der Waals surface area contributed by atoms with Crippen LogP contribution in [0.1, 0.15) is 15.9 Å². The first-order valence-corrected chi connectivity index (χ1v) is 5.64. The second-order valence-electron chi connectivity index (χ2n) is 4.23. The number of amides is 1. The van der Waals surface area contributed by atoms with Crippen molar-refractivity contribution >= 4 is 23.3 Å². The second-order valence-corrected chi connectivity index (χ2v) is 4.23. The molecule has 0 aromatic heterocycles. The van der Waals surface area contributed by atoms with Gasteiger partial charge in [-0.2, -0.15) is 0 Å². The Morgan fingerprint density at radius 1 is 1.45 bits per heavy atom. The number of esters is 1. The summed E-state index contributed by atoms with van der Waals surface area (Å²) in [6.45, 7) is 1.43. The highest BCUT2D eigenvalue weighted by Gasteiger charge is 2.25. The SMILES string of the molecule is COC(=O)c1cc(N(C)CC(N)=O)cc(C)c1[N+](=O)[O-]. The van der Waals surface area contributed by atoms with E-state index in [2.05, 4.69) is 4.74 Å². The molecule has 8 nitrogen and oxygen atoms in total. The van der Waals surface area contributed by atoms with Gasteiger partial charge >= 0.3 is 5.97 Å². The van der Waals surface area contributed by atoms with Gasteiger partial charge in [0.05, 0.1) is 18.6 Å². The van der Waals surface area contributed by atoms with Crippen molar-refractivity contribution in [1.82, 2.24) is 0 Å². The van der Waals surface area contributed by atoms with E-state index in [4.69, 9.17) is 5.73 Å². The highest BCUT2D eigenvalue weighted by atomic mass is 16.6. The Balaban J connectivity index is 3.38. The molecular weight excluding hydrogens is 266 g/mol. The fourth-order valence-electron chi connectivity index (χ4n) is 1.81. The van der Waals surface area contributed by atoms with Crippen molar-refractivity contribution in [1.29, 1.82) is 0 Å². The molecule has 0 aliphatic rings. The fraction of sp³-hybridized carbons (Fsp3) is 0.333. The van der Waals surface area contributed by atoms with Crippen LogP contribution < -0.4 is 10.6 Å². The summed E-state index contributed by atoms with van der Waals surface area (Å²) in [4.78, 5) is 34.4. The molecule has 8 heteroatoms. The van der Waals surface area contributed by atoms with Crippen LogP contribution in [0.2, 0.25) is 0 Å². The Hall–Kier alpha value is -2.64. The van der Waals surface area contributed by atoms with E-state index in [1.807, 2.05) is 0 Å². The van der Waals surface area contributed by atoms with Crippen LogP contribution in [0.25, 0.3) is 0 Å². The van der Waals surface area contributed by atoms with E-state index in [9.17, 15) is 19.7 Å². The van der Waals surface area contributed by atoms with Gasteiger partial charge in [-0.05, 0) is 19.1 Å². The lowest BCUT2D eigenvalue weighted by Crippen LogP contribution is -2.30. The van der Waals surface area contributed by atoms with Gasteiger partial charge in [-0.25, -0.2) is 4.79 Å². The normalized spacial score (nSPS) is 9.95. The lowest BCUT2D eigenvalue weighted by atomic mass is 10.1. The highest BCUT2D eigenvalue weighted by molar-refractivity contribution is 5.96. The van der Waals surface area contributed by atoms with Crippen molar-refractivity contribution in [3.8, 4) is 0 Å². The lowest BCUT2D eigenvalue weighted by Gasteiger charge is -2.18. The number of carbonyl (C=O) groups is 2. The molecule has 0 aliphatic carbocycles. The zero-order valence-corrected chi connectivity index (χ0v) is 11.4. The van der Waals surface area contributed by atoms with Gasteiger partial charge in [-0.3, -0.25) is 14.9 Å². The Bertz CT molecular complexity index is 570. The molecule has 0 unspecified atom stereocenters. The Kier molecular flexibility index (Phi) is 4.63. The van der Waals surface area contributed by atoms with Gasteiger partial charge in [0.15, 0.2) is 0 Å². The first-order valence-electron chi connectivity index (χ1n) is 5.64. The Morgan fingerprint density at radius 2 is 2.05 bits per heavy atom. The largest absolute Gasteiger partial charge is 0.465 e. The molecule has 2 N–H and O–H groups in total. The molecule has 0 saturated carbocycles. The van der Waals surface area contributed by atoms with Crippen molar-refractivity contribution in [2.24, 2.45) is 5.73 Å². The van der Waals surface area contributed by atoms with Gasteiger partial charge in [0.1, 0.15) is 5.56 Å². The number of rotatable bonds is 5. The number of primary amides is 1. The third kappa shape index (κ3) is 3.22. The van der Waals surface area contributed by atoms with Crippen LogP contribution >= 0.6 is 0 Å². The third-order valence-corrected chi connectivity index (χ3v) is 2.71. The summed E-state index contributed by atoms with van der Waals surface area (Å²) < 4.78 is 4.54. The monoisotopic (exact) mass is 281 g/mol. The first kappa shape index (κ1) is 15.4. The number of nitrogens with zero attached hydrogens (tertiary/aromatic N) is 2. The zero-order valence-electron chi connectivity index (χ0n) is 11.4. The van der Waals surface area contributed by atoms with E-state index in [0.29, 0.717) is 11.3 Å². The predicted molar refractivity (Wildman–Crippen MR) is 71.6 cm³/mol. The number of carbonyl (C=O) groups excluding carboxylic acids is 2. The third-order valence-electron chi connectivity index (χ3n) is 2.71. The Morgan fingerprint density at radius 3 is 2.50 bits per heavy atom. The van der Waals surface area contributed by atoms with Crippen molar-refractivity contribution in [2.75, 3.05) is 25.6 Å². The van der Waals surface area contributed by atoms with Crippen LogP contribution in [0.5, 0.6) is 0 Å². The molecule has 20 heavy (non-hydrogen) atoms. The second kappa shape index (κ2) is 6.00. The summed E-state index contributed by atoms with van der Waals surface area (Å²) in [5, 5.41) is 11.0.